The van der Waals surface area contributed by atoms with Gasteiger partial charge >= 0.3 is 0 Å². The number of nitrogens with one attached hydrogen (secondary N) is 1. The van der Waals surface area contributed by atoms with Gasteiger partial charge in [0.1, 0.15) is 16.5 Å². The van der Waals surface area contributed by atoms with Crippen LogP contribution in [0.5, 0.6) is 5.75 Å². The van der Waals surface area contributed by atoms with Gasteiger partial charge in [-0.15, -0.1) is 0 Å². The van der Waals surface area contributed by atoms with Crippen LogP contribution >= 0.6 is 11.6 Å². The van der Waals surface area contributed by atoms with E-state index in [1.165, 1.54) is 6.07 Å². The number of ether oxygens (including phenoxy) is 1. The Morgan fingerprint density at radius 3 is 2.96 bits per heavy atom. The van der Waals surface area contributed by atoms with Gasteiger partial charge in [0.05, 0.1) is 12.6 Å². The lowest BCUT2D eigenvalue weighted by atomic mass is 10.1. The van der Waals surface area contributed by atoms with Crippen molar-refractivity contribution in [2.24, 2.45) is 0 Å². The lowest BCUT2D eigenvalue weighted by Crippen LogP contribution is -2.33. The summed E-state index contributed by atoms with van der Waals surface area (Å²) in [6, 6.07) is 2.79. The van der Waals surface area contributed by atoms with E-state index in [9.17, 15) is 8.42 Å². The average molecular weight is 397 g/mol. The summed E-state index contributed by atoms with van der Waals surface area (Å²) in [5, 5.41) is 4.89. The van der Waals surface area contributed by atoms with Crippen LogP contribution < -0.4 is 9.46 Å². The molecular weight excluding hydrogens is 376 g/mol. The maximum Gasteiger partial charge on any atom is 0.244 e. The summed E-state index contributed by atoms with van der Waals surface area (Å²) in [6.45, 7) is 5.26. The highest BCUT2D eigenvalue weighted by molar-refractivity contribution is 7.89. The number of aromatic nitrogens is 3. The van der Waals surface area contributed by atoms with Crippen LogP contribution in [0, 0.1) is 0 Å². The number of hydrogen-bond donors (Lipinski definition) is 1. The highest BCUT2D eigenvalue weighted by Gasteiger charge is 2.32. The second-order valence-electron chi connectivity index (χ2n) is 7.01. The first-order valence-electron chi connectivity index (χ1n) is 8.77. The molecule has 26 heavy (non-hydrogen) atoms. The van der Waals surface area contributed by atoms with Gasteiger partial charge in [-0.1, -0.05) is 25.4 Å². The van der Waals surface area contributed by atoms with E-state index in [-0.39, 0.29) is 10.8 Å². The molecule has 0 saturated heterocycles. The molecule has 1 aromatic heterocycles. The molecule has 0 spiro atoms. The van der Waals surface area contributed by atoms with E-state index in [1.807, 2.05) is 18.5 Å². The van der Waals surface area contributed by atoms with Crippen LogP contribution in [0.15, 0.2) is 17.0 Å². The van der Waals surface area contributed by atoms with E-state index in [4.69, 9.17) is 16.3 Å². The number of fused-ring (bicyclic) bond motifs is 2. The Morgan fingerprint density at radius 2 is 2.19 bits per heavy atom. The van der Waals surface area contributed by atoms with E-state index in [0.717, 1.165) is 24.4 Å². The van der Waals surface area contributed by atoms with Gasteiger partial charge in [0.2, 0.25) is 10.0 Å². The molecule has 1 atom stereocenters. The summed E-state index contributed by atoms with van der Waals surface area (Å²) >= 11 is 6.12. The summed E-state index contributed by atoms with van der Waals surface area (Å²) in [5.41, 5.74) is 0.826. The predicted octanol–water partition coefficient (Wildman–Crippen LogP) is 2.80. The van der Waals surface area contributed by atoms with Gasteiger partial charge in [0.15, 0.2) is 5.82 Å². The Kier molecular flexibility index (Phi) is 4.45. The second-order valence-corrected chi connectivity index (χ2v) is 9.13. The minimum atomic E-state index is -3.80. The fourth-order valence-corrected chi connectivity index (χ4v) is 5.16. The number of benzene rings is 1. The maximum atomic E-state index is 13.1. The zero-order chi connectivity index (χ0) is 18.5. The van der Waals surface area contributed by atoms with E-state index < -0.39 is 16.1 Å². The molecule has 2 aliphatic rings. The van der Waals surface area contributed by atoms with Crippen molar-refractivity contribution in [3.05, 3.63) is 34.4 Å². The number of aryl methyl sites for hydroxylation is 1. The lowest BCUT2D eigenvalue weighted by molar-refractivity contribution is 0.347. The zero-order valence-electron chi connectivity index (χ0n) is 14.7. The fourth-order valence-electron chi connectivity index (χ4n) is 3.41. The van der Waals surface area contributed by atoms with E-state index in [2.05, 4.69) is 14.8 Å². The Balaban J connectivity index is 1.68. The summed E-state index contributed by atoms with van der Waals surface area (Å²) in [6.07, 6.45) is 2.18. The van der Waals surface area contributed by atoms with E-state index in [0.29, 0.717) is 36.0 Å². The van der Waals surface area contributed by atoms with Gasteiger partial charge < -0.3 is 4.74 Å². The van der Waals surface area contributed by atoms with Crippen LogP contribution in [0.4, 0.5) is 0 Å². The quantitative estimate of drug-likeness (QED) is 0.858. The van der Waals surface area contributed by atoms with Crippen molar-refractivity contribution in [2.45, 2.75) is 56.5 Å². The summed E-state index contributed by atoms with van der Waals surface area (Å²) in [4.78, 5) is 4.66. The molecule has 2 aliphatic heterocycles. The number of halogens is 1. The standard InChI is InChI=1S/C17H21ClN4O3S/c1-10(2)16-19-17-13(4-3-6-22(17)20-16)21-26(23,24)14-9-12(18)8-11-5-7-25-15(11)14/h8-10,13,21H,3-7H2,1-2H3/t13-/m0/s1. The highest BCUT2D eigenvalue weighted by Crippen LogP contribution is 2.37. The normalized spacial score (nSPS) is 19.3. The first-order chi connectivity index (χ1) is 12.3. The van der Waals surface area contributed by atoms with Gasteiger partial charge in [-0.05, 0) is 25.0 Å². The molecule has 0 unspecified atom stereocenters. The summed E-state index contributed by atoms with van der Waals surface area (Å²) in [5.74, 6) is 2.00. The molecule has 7 nitrogen and oxygen atoms in total. The lowest BCUT2D eigenvalue weighted by Gasteiger charge is -2.23. The van der Waals surface area contributed by atoms with Crippen LogP contribution in [0.3, 0.4) is 0 Å². The average Bonchev–Trinajstić information content (AvgIpc) is 3.20. The molecule has 3 heterocycles. The molecule has 0 radical (unpaired) electrons. The molecule has 0 bridgehead atoms. The maximum absolute atomic E-state index is 13.1. The van der Waals surface area contributed by atoms with Crippen molar-refractivity contribution in [1.29, 1.82) is 0 Å². The van der Waals surface area contributed by atoms with Crippen molar-refractivity contribution in [1.82, 2.24) is 19.5 Å². The fraction of sp³-hybridized carbons (Fsp3) is 0.529. The molecule has 2 aromatic rings. The molecular formula is C17H21ClN4O3S. The van der Waals surface area contributed by atoms with Crippen molar-refractivity contribution in [3.63, 3.8) is 0 Å². The van der Waals surface area contributed by atoms with Gasteiger partial charge in [-0.25, -0.2) is 22.8 Å². The van der Waals surface area contributed by atoms with Gasteiger partial charge in [-0.3, -0.25) is 0 Å². The highest BCUT2D eigenvalue weighted by atomic mass is 35.5. The molecule has 0 fully saturated rings. The molecule has 0 saturated carbocycles. The molecule has 0 amide bonds. The number of rotatable bonds is 4. The third-order valence-corrected chi connectivity index (χ3v) is 6.40. The van der Waals surface area contributed by atoms with Crippen LogP contribution in [0.25, 0.3) is 0 Å². The number of hydrogen-bond acceptors (Lipinski definition) is 5. The van der Waals surface area contributed by atoms with Crippen molar-refractivity contribution in [2.75, 3.05) is 6.61 Å². The Morgan fingerprint density at radius 1 is 1.38 bits per heavy atom. The molecule has 4 rings (SSSR count). The monoisotopic (exact) mass is 396 g/mol. The topological polar surface area (TPSA) is 86.1 Å². The Labute approximate surface area is 157 Å². The van der Waals surface area contributed by atoms with Crippen LogP contribution in [-0.2, 0) is 23.0 Å². The smallest absolute Gasteiger partial charge is 0.244 e. The van der Waals surface area contributed by atoms with Crippen LogP contribution in [-0.4, -0.2) is 29.8 Å². The third-order valence-electron chi connectivity index (χ3n) is 4.71. The molecule has 1 aromatic carbocycles. The van der Waals surface area contributed by atoms with Gasteiger partial charge in [0, 0.05) is 29.5 Å². The minimum absolute atomic E-state index is 0.0956. The molecule has 0 aliphatic carbocycles. The first kappa shape index (κ1) is 17.8. The van der Waals surface area contributed by atoms with Crippen molar-refractivity contribution < 1.29 is 13.2 Å². The predicted molar refractivity (Wildman–Crippen MR) is 97.1 cm³/mol. The van der Waals surface area contributed by atoms with Gasteiger partial charge in [0.25, 0.3) is 0 Å². The largest absolute Gasteiger partial charge is 0.492 e. The number of nitrogens with zero attached hydrogens (tertiary/aromatic N) is 3. The zero-order valence-corrected chi connectivity index (χ0v) is 16.3. The Bertz CT molecular complexity index is 955. The molecule has 140 valence electrons. The summed E-state index contributed by atoms with van der Waals surface area (Å²) < 4.78 is 36.3. The second kappa shape index (κ2) is 6.51. The first-order valence-corrected chi connectivity index (χ1v) is 10.6. The Hall–Kier alpha value is -1.64. The summed E-state index contributed by atoms with van der Waals surface area (Å²) in [7, 11) is -3.80. The molecule has 1 N–H and O–H groups in total. The SMILES string of the molecule is CC(C)c1nc2n(n1)CCC[C@@H]2NS(=O)(=O)c1cc(Cl)cc2c1OCC2. The van der Waals surface area contributed by atoms with E-state index in [1.54, 1.807) is 6.07 Å². The third kappa shape index (κ3) is 3.10. The van der Waals surface area contributed by atoms with Crippen LogP contribution in [0.1, 0.15) is 55.9 Å². The van der Waals surface area contributed by atoms with E-state index >= 15 is 0 Å². The minimum Gasteiger partial charge on any atom is -0.492 e. The van der Waals surface area contributed by atoms with Crippen LogP contribution in [0.2, 0.25) is 5.02 Å². The van der Waals surface area contributed by atoms with Crippen molar-refractivity contribution in [3.8, 4) is 5.75 Å². The number of sulfonamides is 1. The van der Waals surface area contributed by atoms with Crippen molar-refractivity contribution >= 4 is 21.6 Å². The molecule has 9 heteroatoms. The van der Waals surface area contributed by atoms with Gasteiger partial charge in [-0.2, -0.15) is 5.10 Å².